The van der Waals surface area contributed by atoms with Crippen LogP contribution in [0.15, 0.2) is 24.3 Å². The van der Waals surface area contributed by atoms with Crippen LogP contribution in [0.5, 0.6) is 0 Å². The van der Waals surface area contributed by atoms with Crippen LogP contribution in [0.2, 0.25) is 0 Å². The quantitative estimate of drug-likeness (QED) is 0.791. The predicted octanol–water partition coefficient (Wildman–Crippen LogP) is 5.08. The van der Waals surface area contributed by atoms with Crippen molar-refractivity contribution in [3.63, 3.8) is 0 Å². The Kier molecular flexibility index (Phi) is 5.59. The van der Waals surface area contributed by atoms with Gasteiger partial charge < -0.3 is 5.32 Å². The molecule has 0 aromatic heterocycles. The highest BCUT2D eigenvalue weighted by molar-refractivity contribution is 5.20. The average molecular weight is 277 g/mol. The number of nitrogens with one attached hydrogen (secondary N) is 1. The van der Waals surface area contributed by atoms with Crippen molar-refractivity contribution in [3.8, 4) is 0 Å². The molecule has 2 heteroatoms. The Hall–Kier alpha value is -0.890. The molecule has 1 N–H and O–H groups in total. The molecule has 0 saturated heterocycles. The van der Waals surface area contributed by atoms with Crippen molar-refractivity contribution in [3.05, 3.63) is 35.6 Å². The second kappa shape index (κ2) is 7.21. The zero-order chi connectivity index (χ0) is 14.5. The summed E-state index contributed by atoms with van der Waals surface area (Å²) < 4.78 is 13.4. The molecule has 1 fully saturated rings. The molecule has 2 rings (SSSR count). The van der Waals surface area contributed by atoms with E-state index in [2.05, 4.69) is 26.1 Å². The molecule has 1 saturated carbocycles. The van der Waals surface area contributed by atoms with Gasteiger partial charge in [0.05, 0.1) is 0 Å². The monoisotopic (exact) mass is 277 g/mol. The molecule has 112 valence electrons. The highest BCUT2D eigenvalue weighted by Crippen LogP contribution is 2.32. The molecule has 0 radical (unpaired) electrons. The van der Waals surface area contributed by atoms with Crippen molar-refractivity contribution >= 4 is 0 Å². The minimum absolute atomic E-state index is 0.133. The minimum atomic E-state index is -0.133. The summed E-state index contributed by atoms with van der Waals surface area (Å²) in [4.78, 5) is 0. The molecule has 3 atom stereocenters. The van der Waals surface area contributed by atoms with Crippen molar-refractivity contribution in [2.75, 3.05) is 0 Å². The molecule has 1 aliphatic rings. The molecule has 1 aromatic rings. The standard InChI is InChI=1S/C18H28FN/c1-4-17(14-8-7-9-15(19)12-14)20-18-11-6-5-10-16(18)13(2)3/h7-9,12-13,16-18,20H,4-6,10-11H2,1-3H3. The van der Waals surface area contributed by atoms with Gasteiger partial charge in [0.25, 0.3) is 0 Å². The van der Waals surface area contributed by atoms with Gasteiger partial charge in [-0.2, -0.15) is 0 Å². The summed E-state index contributed by atoms with van der Waals surface area (Å²) in [5, 5.41) is 3.81. The summed E-state index contributed by atoms with van der Waals surface area (Å²) in [5.74, 6) is 1.34. The average Bonchev–Trinajstić information content (AvgIpc) is 2.45. The Bertz CT molecular complexity index is 416. The number of benzene rings is 1. The first-order chi connectivity index (χ1) is 9.61. The van der Waals surface area contributed by atoms with E-state index in [-0.39, 0.29) is 11.9 Å². The fraction of sp³-hybridized carbons (Fsp3) is 0.667. The molecule has 1 aliphatic carbocycles. The van der Waals surface area contributed by atoms with E-state index in [1.165, 1.54) is 31.7 Å². The summed E-state index contributed by atoms with van der Waals surface area (Å²) in [5.41, 5.74) is 1.08. The molecule has 1 aromatic carbocycles. The Morgan fingerprint density at radius 1 is 1.25 bits per heavy atom. The van der Waals surface area contributed by atoms with Crippen molar-refractivity contribution in [2.45, 2.75) is 65.0 Å². The lowest BCUT2D eigenvalue weighted by atomic mass is 9.77. The Balaban J connectivity index is 2.08. The van der Waals surface area contributed by atoms with E-state index >= 15 is 0 Å². The molecule has 0 aliphatic heterocycles. The highest BCUT2D eigenvalue weighted by Gasteiger charge is 2.29. The van der Waals surface area contributed by atoms with E-state index in [0.29, 0.717) is 6.04 Å². The molecule has 0 heterocycles. The van der Waals surface area contributed by atoms with Gasteiger partial charge in [-0.15, -0.1) is 0 Å². The van der Waals surface area contributed by atoms with Crippen LogP contribution in [0, 0.1) is 17.7 Å². The Morgan fingerprint density at radius 2 is 2.00 bits per heavy atom. The van der Waals surface area contributed by atoms with Crippen LogP contribution in [-0.4, -0.2) is 6.04 Å². The van der Waals surface area contributed by atoms with Gasteiger partial charge in [-0.05, 0) is 48.8 Å². The fourth-order valence-electron chi connectivity index (χ4n) is 3.60. The van der Waals surface area contributed by atoms with Gasteiger partial charge in [0.15, 0.2) is 0 Å². The summed E-state index contributed by atoms with van der Waals surface area (Å²) in [6.45, 7) is 6.83. The first kappa shape index (κ1) is 15.5. The number of rotatable bonds is 5. The van der Waals surface area contributed by atoms with Crippen LogP contribution in [0.25, 0.3) is 0 Å². The van der Waals surface area contributed by atoms with Gasteiger partial charge in [0, 0.05) is 12.1 Å². The van der Waals surface area contributed by atoms with E-state index < -0.39 is 0 Å². The second-order valence-electron chi connectivity index (χ2n) is 6.48. The van der Waals surface area contributed by atoms with Crippen LogP contribution in [0.3, 0.4) is 0 Å². The largest absolute Gasteiger partial charge is 0.307 e. The molecule has 0 spiro atoms. The number of hydrogen-bond donors (Lipinski definition) is 1. The van der Waals surface area contributed by atoms with Crippen LogP contribution in [-0.2, 0) is 0 Å². The van der Waals surface area contributed by atoms with Crippen molar-refractivity contribution in [1.82, 2.24) is 5.32 Å². The summed E-state index contributed by atoms with van der Waals surface area (Å²) in [6.07, 6.45) is 6.27. The van der Waals surface area contributed by atoms with Gasteiger partial charge in [-0.1, -0.05) is 45.7 Å². The predicted molar refractivity (Wildman–Crippen MR) is 83.2 cm³/mol. The SMILES string of the molecule is CCC(NC1CCCCC1C(C)C)c1cccc(F)c1. The zero-order valence-electron chi connectivity index (χ0n) is 13.0. The molecule has 3 unspecified atom stereocenters. The molecular formula is C18H28FN. The molecule has 1 nitrogen and oxygen atoms in total. The Morgan fingerprint density at radius 3 is 2.65 bits per heavy atom. The molecule has 20 heavy (non-hydrogen) atoms. The van der Waals surface area contributed by atoms with E-state index in [9.17, 15) is 4.39 Å². The first-order valence-electron chi connectivity index (χ1n) is 8.13. The summed E-state index contributed by atoms with van der Waals surface area (Å²) in [7, 11) is 0. The number of halogens is 1. The van der Waals surface area contributed by atoms with Crippen molar-refractivity contribution < 1.29 is 4.39 Å². The minimum Gasteiger partial charge on any atom is -0.307 e. The lowest BCUT2D eigenvalue weighted by molar-refractivity contribution is 0.190. The fourth-order valence-corrected chi connectivity index (χ4v) is 3.60. The van der Waals surface area contributed by atoms with Gasteiger partial charge in [0.2, 0.25) is 0 Å². The van der Waals surface area contributed by atoms with E-state index in [0.717, 1.165) is 23.8 Å². The van der Waals surface area contributed by atoms with Crippen LogP contribution >= 0.6 is 0 Å². The van der Waals surface area contributed by atoms with Gasteiger partial charge in [-0.25, -0.2) is 4.39 Å². The Labute approximate surface area is 123 Å². The maximum Gasteiger partial charge on any atom is 0.123 e. The van der Waals surface area contributed by atoms with Crippen molar-refractivity contribution in [1.29, 1.82) is 0 Å². The third-order valence-electron chi connectivity index (χ3n) is 4.75. The molecular weight excluding hydrogens is 249 g/mol. The third kappa shape index (κ3) is 3.82. The molecule has 0 amide bonds. The smallest absolute Gasteiger partial charge is 0.123 e. The van der Waals surface area contributed by atoms with E-state index in [1.807, 2.05) is 12.1 Å². The summed E-state index contributed by atoms with van der Waals surface area (Å²) >= 11 is 0. The first-order valence-corrected chi connectivity index (χ1v) is 8.13. The van der Waals surface area contributed by atoms with E-state index in [4.69, 9.17) is 0 Å². The summed E-state index contributed by atoms with van der Waals surface area (Å²) in [6, 6.07) is 7.90. The maximum absolute atomic E-state index is 13.4. The lowest BCUT2D eigenvalue weighted by Gasteiger charge is -2.37. The number of hydrogen-bond acceptors (Lipinski definition) is 1. The van der Waals surface area contributed by atoms with Gasteiger partial charge >= 0.3 is 0 Å². The van der Waals surface area contributed by atoms with Crippen molar-refractivity contribution in [2.24, 2.45) is 11.8 Å². The van der Waals surface area contributed by atoms with Crippen LogP contribution in [0.1, 0.15) is 64.5 Å². The highest BCUT2D eigenvalue weighted by atomic mass is 19.1. The van der Waals surface area contributed by atoms with E-state index in [1.54, 1.807) is 6.07 Å². The lowest BCUT2D eigenvalue weighted by Crippen LogP contribution is -2.42. The molecule has 0 bridgehead atoms. The maximum atomic E-state index is 13.4. The normalized spacial score (nSPS) is 24.9. The van der Waals surface area contributed by atoms with Gasteiger partial charge in [-0.3, -0.25) is 0 Å². The second-order valence-corrected chi connectivity index (χ2v) is 6.48. The van der Waals surface area contributed by atoms with Crippen LogP contribution in [0.4, 0.5) is 4.39 Å². The van der Waals surface area contributed by atoms with Gasteiger partial charge in [0.1, 0.15) is 5.82 Å². The topological polar surface area (TPSA) is 12.0 Å². The van der Waals surface area contributed by atoms with Crippen LogP contribution < -0.4 is 5.32 Å². The zero-order valence-corrected chi connectivity index (χ0v) is 13.0. The third-order valence-corrected chi connectivity index (χ3v) is 4.75.